The maximum Gasteiger partial charge on any atom is 0.225 e. The van der Waals surface area contributed by atoms with Crippen LogP contribution in [0.15, 0.2) is 42.5 Å². The van der Waals surface area contributed by atoms with Gasteiger partial charge < -0.3 is 11.1 Å². The lowest BCUT2D eigenvalue weighted by Crippen LogP contribution is -2.34. The van der Waals surface area contributed by atoms with Crippen molar-refractivity contribution in [3.63, 3.8) is 0 Å². The number of fused-ring (bicyclic) bond motifs is 1. The second kappa shape index (κ2) is 9.90. The standard InChI is InChI=1S/C23H30N4O.ClH/c1-15(2)14-27-17(4)21(16(3)26-27)12-23(28)25-22(13-24)20-10-9-18-7-5-6-8-19(18)11-20;/h5-11,15,22H,12-14,24H2,1-4H3,(H,25,28);1H. The Balaban J connectivity index is 0.00000300. The van der Waals surface area contributed by atoms with Crippen molar-refractivity contribution in [3.8, 4) is 0 Å². The number of amides is 1. The Morgan fingerprint density at radius 3 is 2.48 bits per heavy atom. The average molecular weight is 415 g/mol. The highest BCUT2D eigenvalue weighted by atomic mass is 35.5. The maximum atomic E-state index is 12.8. The molecule has 0 fully saturated rings. The summed E-state index contributed by atoms with van der Waals surface area (Å²) >= 11 is 0. The number of aromatic nitrogens is 2. The Morgan fingerprint density at radius 1 is 1.14 bits per heavy atom. The zero-order chi connectivity index (χ0) is 20.3. The minimum Gasteiger partial charge on any atom is -0.348 e. The normalized spacial score (nSPS) is 12.1. The minimum absolute atomic E-state index is 0. The molecule has 3 aromatic rings. The molecule has 0 aliphatic rings. The molecule has 0 saturated heterocycles. The quantitative estimate of drug-likeness (QED) is 0.611. The van der Waals surface area contributed by atoms with E-state index < -0.39 is 0 Å². The second-order valence-electron chi connectivity index (χ2n) is 7.86. The van der Waals surface area contributed by atoms with Crippen molar-refractivity contribution in [2.45, 2.75) is 46.7 Å². The van der Waals surface area contributed by atoms with Crippen LogP contribution >= 0.6 is 12.4 Å². The summed E-state index contributed by atoms with van der Waals surface area (Å²) in [5, 5.41) is 10.0. The average Bonchev–Trinajstić information content (AvgIpc) is 2.92. The zero-order valence-electron chi connectivity index (χ0n) is 17.6. The lowest BCUT2D eigenvalue weighted by Gasteiger charge is -2.18. The summed E-state index contributed by atoms with van der Waals surface area (Å²) in [6, 6.07) is 14.2. The van der Waals surface area contributed by atoms with Crippen molar-refractivity contribution < 1.29 is 4.79 Å². The summed E-state index contributed by atoms with van der Waals surface area (Å²) < 4.78 is 2.01. The Morgan fingerprint density at radius 2 is 1.83 bits per heavy atom. The van der Waals surface area contributed by atoms with Crippen LogP contribution in [0.4, 0.5) is 0 Å². The fourth-order valence-electron chi connectivity index (χ4n) is 3.62. The van der Waals surface area contributed by atoms with Gasteiger partial charge in [-0.2, -0.15) is 5.10 Å². The molecule has 1 heterocycles. The monoisotopic (exact) mass is 414 g/mol. The Hall–Kier alpha value is -2.37. The third-order valence-electron chi connectivity index (χ3n) is 5.15. The number of hydrogen-bond acceptors (Lipinski definition) is 3. The van der Waals surface area contributed by atoms with Gasteiger partial charge in [0.2, 0.25) is 5.91 Å². The van der Waals surface area contributed by atoms with Crippen LogP contribution in [0.2, 0.25) is 0 Å². The van der Waals surface area contributed by atoms with Crippen LogP contribution < -0.4 is 11.1 Å². The maximum absolute atomic E-state index is 12.8. The number of halogens is 1. The highest BCUT2D eigenvalue weighted by molar-refractivity contribution is 5.85. The van der Waals surface area contributed by atoms with Crippen LogP contribution in [0.3, 0.4) is 0 Å². The zero-order valence-corrected chi connectivity index (χ0v) is 18.4. The lowest BCUT2D eigenvalue weighted by atomic mass is 10.0. The van der Waals surface area contributed by atoms with Crippen LogP contribution in [0.5, 0.6) is 0 Å². The molecule has 1 atom stereocenters. The number of benzene rings is 2. The van der Waals surface area contributed by atoms with Crippen LogP contribution in [0.25, 0.3) is 10.8 Å². The number of nitrogens with zero attached hydrogens (tertiary/aromatic N) is 2. The van der Waals surface area contributed by atoms with E-state index in [1.165, 1.54) is 5.39 Å². The van der Waals surface area contributed by atoms with Gasteiger partial charge >= 0.3 is 0 Å². The molecule has 6 heteroatoms. The van der Waals surface area contributed by atoms with Gasteiger partial charge in [-0.3, -0.25) is 9.48 Å². The number of carbonyl (C=O) groups is 1. The van der Waals surface area contributed by atoms with Crippen molar-refractivity contribution in [1.29, 1.82) is 0 Å². The molecular formula is C23H31ClN4O. The molecule has 3 rings (SSSR count). The number of nitrogens with one attached hydrogen (secondary N) is 1. The molecule has 29 heavy (non-hydrogen) atoms. The second-order valence-corrected chi connectivity index (χ2v) is 7.86. The van der Waals surface area contributed by atoms with Crippen LogP contribution in [-0.2, 0) is 17.8 Å². The van der Waals surface area contributed by atoms with Crippen molar-refractivity contribution in [1.82, 2.24) is 15.1 Å². The van der Waals surface area contributed by atoms with E-state index >= 15 is 0 Å². The third-order valence-corrected chi connectivity index (χ3v) is 5.15. The molecule has 156 valence electrons. The molecule has 1 aromatic heterocycles. The first-order valence-electron chi connectivity index (χ1n) is 9.90. The van der Waals surface area contributed by atoms with Gasteiger partial charge in [-0.1, -0.05) is 50.2 Å². The predicted molar refractivity (Wildman–Crippen MR) is 121 cm³/mol. The number of rotatable bonds is 7. The summed E-state index contributed by atoms with van der Waals surface area (Å²) in [4.78, 5) is 12.8. The van der Waals surface area contributed by atoms with Gasteiger partial charge in [0.05, 0.1) is 18.2 Å². The van der Waals surface area contributed by atoms with Crippen molar-refractivity contribution in [2.24, 2.45) is 11.7 Å². The Labute approximate surface area is 179 Å². The van der Waals surface area contributed by atoms with E-state index in [1.54, 1.807) is 0 Å². The van der Waals surface area contributed by atoms with Gasteiger partial charge in [-0.05, 0) is 42.2 Å². The summed E-state index contributed by atoms with van der Waals surface area (Å²) in [7, 11) is 0. The molecular weight excluding hydrogens is 384 g/mol. The van der Waals surface area contributed by atoms with E-state index in [1.807, 2.05) is 36.7 Å². The first-order chi connectivity index (χ1) is 13.4. The molecule has 3 N–H and O–H groups in total. The van der Waals surface area contributed by atoms with Crippen LogP contribution in [0.1, 0.15) is 42.4 Å². The lowest BCUT2D eigenvalue weighted by molar-refractivity contribution is -0.121. The first-order valence-corrected chi connectivity index (χ1v) is 9.90. The fourth-order valence-corrected chi connectivity index (χ4v) is 3.62. The van der Waals surface area contributed by atoms with E-state index in [2.05, 4.69) is 48.5 Å². The molecule has 2 aromatic carbocycles. The van der Waals surface area contributed by atoms with Gasteiger partial charge in [0.25, 0.3) is 0 Å². The van der Waals surface area contributed by atoms with Gasteiger partial charge in [-0.25, -0.2) is 0 Å². The molecule has 0 saturated carbocycles. The Bertz CT molecular complexity index is 980. The van der Waals surface area contributed by atoms with E-state index in [0.29, 0.717) is 18.9 Å². The van der Waals surface area contributed by atoms with Crippen LogP contribution in [0, 0.1) is 19.8 Å². The van der Waals surface area contributed by atoms with E-state index in [4.69, 9.17) is 5.73 Å². The minimum atomic E-state index is -0.205. The molecule has 1 amide bonds. The SMILES string of the molecule is Cc1nn(CC(C)C)c(C)c1CC(=O)NC(CN)c1ccc2ccccc2c1.Cl. The molecule has 0 radical (unpaired) electrons. The van der Waals surface area contributed by atoms with Gasteiger partial charge in [-0.15, -0.1) is 12.4 Å². The summed E-state index contributed by atoms with van der Waals surface area (Å²) in [6.45, 7) is 9.55. The number of hydrogen-bond donors (Lipinski definition) is 2. The summed E-state index contributed by atoms with van der Waals surface area (Å²) in [5.74, 6) is 0.480. The topological polar surface area (TPSA) is 72.9 Å². The molecule has 5 nitrogen and oxygen atoms in total. The Kier molecular flexibility index (Phi) is 7.82. The predicted octanol–water partition coefficient (Wildman–Crippen LogP) is 4.09. The third kappa shape index (κ3) is 5.37. The number of nitrogens with two attached hydrogens (primary N) is 1. The fraction of sp³-hybridized carbons (Fsp3) is 0.391. The van der Waals surface area contributed by atoms with E-state index in [0.717, 1.165) is 34.4 Å². The number of carbonyl (C=O) groups excluding carboxylic acids is 1. The van der Waals surface area contributed by atoms with Gasteiger partial charge in [0.1, 0.15) is 0 Å². The first kappa shape index (κ1) is 22.9. The molecule has 0 spiro atoms. The van der Waals surface area contributed by atoms with Crippen molar-refractivity contribution in [2.75, 3.05) is 6.54 Å². The van der Waals surface area contributed by atoms with Crippen molar-refractivity contribution in [3.05, 3.63) is 65.0 Å². The largest absolute Gasteiger partial charge is 0.348 e. The molecule has 0 aliphatic heterocycles. The number of aryl methyl sites for hydroxylation is 1. The van der Waals surface area contributed by atoms with Crippen molar-refractivity contribution >= 4 is 29.1 Å². The van der Waals surface area contributed by atoms with E-state index in [-0.39, 0.29) is 24.4 Å². The van der Waals surface area contributed by atoms with Crippen LogP contribution in [-0.4, -0.2) is 22.2 Å². The molecule has 0 aliphatic carbocycles. The van der Waals surface area contributed by atoms with Gasteiger partial charge in [0, 0.05) is 24.3 Å². The van der Waals surface area contributed by atoms with E-state index in [9.17, 15) is 4.79 Å². The summed E-state index contributed by atoms with van der Waals surface area (Å²) in [6.07, 6.45) is 0.319. The molecule has 1 unspecified atom stereocenters. The molecule has 0 bridgehead atoms. The summed E-state index contributed by atoms with van der Waals surface area (Å²) in [5.41, 5.74) is 10.00. The smallest absolute Gasteiger partial charge is 0.225 e. The van der Waals surface area contributed by atoms with Gasteiger partial charge in [0.15, 0.2) is 0 Å². The highest BCUT2D eigenvalue weighted by Gasteiger charge is 2.18. The highest BCUT2D eigenvalue weighted by Crippen LogP contribution is 2.21.